The number of benzene rings is 3. The Morgan fingerprint density at radius 3 is 2.56 bits per heavy atom. The van der Waals surface area contributed by atoms with Crippen LogP contribution in [0.5, 0.6) is 17.4 Å². The molecular formula is C32H29N2O4Pt-. The van der Waals surface area contributed by atoms with Gasteiger partial charge in [-0.15, -0.1) is 6.07 Å². The molecule has 1 N–H and O–H groups in total. The van der Waals surface area contributed by atoms with E-state index in [0.29, 0.717) is 34.2 Å². The van der Waals surface area contributed by atoms with E-state index >= 15 is 0 Å². The summed E-state index contributed by atoms with van der Waals surface area (Å²) in [5.74, 6) is 1.41. The molecule has 0 saturated heterocycles. The molecule has 5 aromatic rings. The predicted octanol–water partition coefficient (Wildman–Crippen LogP) is 7.85. The SMILES string of the molecule is Cc1cc(O)c2nc(Oc3[c-]c(C4=N[C@@]5(C)CCC(C)(C)[C@]5(C)O4)cc4c3oc3ccccc34)ccc2c1.[Pt]. The summed E-state index contributed by atoms with van der Waals surface area (Å²) in [6.45, 7) is 10.8. The van der Waals surface area contributed by atoms with Crippen molar-refractivity contribution in [1.29, 1.82) is 0 Å². The summed E-state index contributed by atoms with van der Waals surface area (Å²) in [6.07, 6.45) is 2.02. The van der Waals surface area contributed by atoms with Crippen LogP contribution < -0.4 is 4.74 Å². The van der Waals surface area contributed by atoms with Gasteiger partial charge in [0, 0.05) is 43.3 Å². The molecule has 1 saturated carbocycles. The molecule has 7 heteroatoms. The van der Waals surface area contributed by atoms with E-state index < -0.39 is 5.60 Å². The van der Waals surface area contributed by atoms with Gasteiger partial charge in [0.1, 0.15) is 28.3 Å². The first kappa shape index (κ1) is 25.9. The minimum absolute atomic E-state index is 0. The molecule has 7 rings (SSSR count). The summed E-state index contributed by atoms with van der Waals surface area (Å²) in [7, 11) is 0. The van der Waals surface area contributed by atoms with E-state index in [9.17, 15) is 5.11 Å². The Kier molecular flexibility index (Phi) is 5.68. The normalized spacial score (nSPS) is 23.5. The summed E-state index contributed by atoms with van der Waals surface area (Å²) in [5.41, 5.74) is 2.72. The summed E-state index contributed by atoms with van der Waals surface area (Å²) in [5, 5.41) is 13.2. The topological polar surface area (TPSA) is 77.1 Å². The number of furan rings is 1. The number of aliphatic imine (C=N–C) groups is 1. The number of nitrogens with zero attached hydrogens (tertiary/aromatic N) is 2. The second-order valence-electron chi connectivity index (χ2n) is 11.7. The van der Waals surface area contributed by atoms with Gasteiger partial charge in [-0.3, -0.25) is 4.99 Å². The van der Waals surface area contributed by atoms with Gasteiger partial charge >= 0.3 is 0 Å². The number of phenols is 1. The van der Waals surface area contributed by atoms with Gasteiger partial charge in [-0.25, -0.2) is 4.98 Å². The zero-order chi connectivity index (χ0) is 26.4. The number of pyridine rings is 1. The summed E-state index contributed by atoms with van der Waals surface area (Å²) in [4.78, 5) is 9.72. The van der Waals surface area contributed by atoms with E-state index in [1.807, 2.05) is 49.4 Å². The largest absolute Gasteiger partial charge is 0.511 e. The average molecular weight is 701 g/mol. The van der Waals surface area contributed by atoms with Crippen LogP contribution in [0.15, 0.2) is 64.0 Å². The molecule has 0 radical (unpaired) electrons. The van der Waals surface area contributed by atoms with E-state index in [2.05, 4.69) is 38.7 Å². The van der Waals surface area contributed by atoms with Gasteiger partial charge in [0.25, 0.3) is 0 Å². The van der Waals surface area contributed by atoms with Gasteiger partial charge in [0.15, 0.2) is 0 Å². The quantitative estimate of drug-likeness (QED) is 0.194. The third-order valence-corrected chi connectivity index (χ3v) is 8.91. The van der Waals surface area contributed by atoms with Crippen LogP contribution in [0.2, 0.25) is 0 Å². The maximum atomic E-state index is 10.5. The van der Waals surface area contributed by atoms with E-state index in [0.717, 1.165) is 40.1 Å². The van der Waals surface area contributed by atoms with E-state index in [-0.39, 0.29) is 37.8 Å². The monoisotopic (exact) mass is 700 g/mol. The van der Waals surface area contributed by atoms with Gasteiger partial charge in [0.05, 0.1) is 16.9 Å². The number of aryl methyl sites for hydroxylation is 1. The second-order valence-corrected chi connectivity index (χ2v) is 11.7. The maximum absolute atomic E-state index is 10.5. The standard InChI is InChI=1S/C32H29N2O4.Pt/c1-18-14-19-10-11-26(33-27(19)23(35)15-18)36-25-17-20(16-22-21-8-6-7-9-24(21)37-28(22)25)29-34-31(4)13-12-30(2,3)32(31,5)38-29;/h6-11,14-16,35H,12-13H2,1-5H3;/q-1;/t31-,32-;/m0./s1. The van der Waals surface area contributed by atoms with Crippen LogP contribution in [0.3, 0.4) is 0 Å². The molecule has 3 heterocycles. The molecule has 3 aromatic carbocycles. The van der Waals surface area contributed by atoms with Gasteiger partial charge in [-0.05, 0) is 63.4 Å². The molecule has 2 atom stereocenters. The summed E-state index contributed by atoms with van der Waals surface area (Å²) >= 11 is 0. The molecule has 1 aliphatic carbocycles. The Bertz CT molecular complexity index is 1820. The first-order valence-electron chi connectivity index (χ1n) is 13.0. The summed E-state index contributed by atoms with van der Waals surface area (Å²) < 4.78 is 19.2. The van der Waals surface area contributed by atoms with Crippen molar-refractivity contribution in [1.82, 2.24) is 4.98 Å². The van der Waals surface area contributed by atoms with E-state index in [4.69, 9.17) is 18.9 Å². The fraction of sp³-hybridized carbons (Fsp3) is 0.312. The van der Waals surface area contributed by atoms with Crippen LogP contribution >= 0.6 is 0 Å². The predicted molar refractivity (Wildman–Crippen MR) is 148 cm³/mol. The number of ether oxygens (including phenoxy) is 2. The molecule has 39 heavy (non-hydrogen) atoms. The molecule has 6 nitrogen and oxygen atoms in total. The van der Waals surface area contributed by atoms with Crippen molar-refractivity contribution < 1.29 is 40.1 Å². The fourth-order valence-electron chi connectivity index (χ4n) is 6.16. The zero-order valence-electron chi connectivity index (χ0n) is 22.5. The van der Waals surface area contributed by atoms with Crippen molar-refractivity contribution in [3.8, 4) is 17.4 Å². The molecule has 1 fully saturated rings. The molecule has 2 aromatic heterocycles. The van der Waals surface area contributed by atoms with Crippen LogP contribution in [0.1, 0.15) is 51.7 Å². The van der Waals surface area contributed by atoms with Crippen LogP contribution in [0.25, 0.3) is 32.8 Å². The summed E-state index contributed by atoms with van der Waals surface area (Å²) in [6, 6.07) is 20.7. The average Bonchev–Trinajstić information content (AvgIpc) is 3.44. The van der Waals surface area contributed by atoms with Crippen molar-refractivity contribution >= 4 is 38.7 Å². The van der Waals surface area contributed by atoms with E-state index in [1.165, 1.54) is 0 Å². The molecule has 0 amide bonds. The number of hydrogen-bond acceptors (Lipinski definition) is 6. The molecule has 0 bridgehead atoms. The van der Waals surface area contributed by atoms with Gasteiger partial charge < -0.3 is 19.0 Å². The third-order valence-electron chi connectivity index (χ3n) is 8.91. The molecule has 0 spiro atoms. The van der Waals surface area contributed by atoms with Gasteiger partial charge in [0.2, 0.25) is 5.88 Å². The van der Waals surface area contributed by atoms with Crippen LogP contribution in [0, 0.1) is 18.4 Å². The van der Waals surface area contributed by atoms with Gasteiger partial charge in [-0.2, -0.15) is 0 Å². The fourth-order valence-corrected chi connectivity index (χ4v) is 6.16. The van der Waals surface area contributed by atoms with Crippen molar-refractivity contribution in [2.24, 2.45) is 10.4 Å². The Labute approximate surface area is 241 Å². The molecular weight excluding hydrogens is 671 g/mol. The first-order chi connectivity index (χ1) is 18.1. The van der Waals surface area contributed by atoms with Crippen LogP contribution in [-0.2, 0) is 25.8 Å². The Hall–Kier alpha value is -3.37. The Balaban J connectivity index is 0.00000277. The van der Waals surface area contributed by atoms with Crippen LogP contribution in [-0.4, -0.2) is 27.1 Å². The Morgan fingerprint density at radius 2 is 1.77 bits per heavy atom. The zero-order valence-corrected chi connectivity index (χ0v) is 24.8. The van der Waals surface area contributed by atoms with Gasteiger partial charge in [-0.1, -0.05) is 49.1 Å². The van der Waals surface area contributed by atoms with Crippen molar-refractivity contribution in [2.75, 3.05) is 0 Å². The van der Waals surface area contributed by atoms with Crippen molar-refractivity contribution in [2.45, 2.75) is 58.6 Å². The Morgan fingerprint density at radius 1 is 0.974 bits per heavy atom. The smallest absolute Gasteiger partial charge is 0.217 e. The number of aromatic nitrogens is 1. The number of phenolic OH excluding ortho intramolecular Hbond substituents is 1. The molecule has 2 aliphatic rings. The number of rotatable bonds is 3. The number of para-hydroxylation sites is 1. The molecule has 0 unspecified atom stereocenters. The van der Waals surface area contributed by atoms with Crippen LogP contribution in [0.4, 0.5) is 0 Å². The maximum Gasteiger partial charge on any atom is 0.217 e. The molecule has 202 valence electrons. The number of aromatic hydroxyl groups is 1. The minimum atomic E-state index is -0.423. The number of hydrogen-bond donors (Lipinski definition) is 1. The van der Waals surface area contributed by atoms with Crippen molar-refractivity contribution in [3.05, 3.63) is 71.8 Å². The minimum Gasteiger partial charge on any atom is -0.511 e. The molecule has 1 aliphatic heterocycles. The van der Waals surface area contributed by atoms with E-state index in [1.54, 1.807) is 12.1 Å². The second kappa shape index (κ2) is 8.56. The van der Waals surface area contributed by atoms with Crippen molar-refractivity contribution in [3.63, 3.8) is 0 Å². The third kappa shape index (κ3) is 3.71. The number of fused-ring (bicyclic) bond motifs is 5. The first-order valence-corrected chi connectivity index (χ1v) is 13.0.